The van der Waals surface area contributed by atoms with Crippen molar-refractivity contribution >= 4 is 23.2 Å². The average molecular weight is 315 g/mol. The van der Waals surface area contributed by atoms with E-state index in [0.717, 1.165) is 17.7 Å². The fraction of sp³-hybridized carbons (Fsp3) is 0.389. The Labute approximate surface area is 135 Å². The summed E-state index contributed by atoms with van der Waals surface area (Å²) < 4.78 is 4.57. The van der Waals surface area contributed by atoms with Crippen LogP contribution in [0.25, 0.3) is 0 Å². The molecule has 0 unspecified atom stereocenters. The number of benzene rings is 1. The first kappa shape index (κ1) is 16.9. The van der Waals surface area contributed by atoms with Crippen molar-refractivity contribution in [2.24, 2.45) is 4.99 Å². The molecule has 0 radical (unpaired) electrons. The van der Waals surface area contributed by atoms with Crippen LogP contribution in [-0.4, -0.2) is 29.7 Å². The maximum atomic E-state index is 12.2. The SMILES string of the molecule is COC(=O)CC/C(O)=C1\C(=O)CCCC1=Nc1ccccc1C. The minimum absolute atomic E-state index is 0.0385. The number of hydrogen-bond acceptors (Lipinski definition) is 5. The average Bonchev–Trinajstić information content (AvgIpc) is 2.54. The highest BCUT2D eigenvalue weighted by molar-refractivity contribution is 6.24. The first-order chi connectivity index (χ1) is 11.0. The molecule has 0 saturated heterocycles. The fourth-order valence-electron chi connectivity index (χ4n) is 2.55. The van der Waals surface area contributed by atoms with Crippen LogP contribution >= 0.6 is 0 Å². The van der Waals surface area contributed by atoms with E-state index in [4.69, 9.17) is 0 Å². The third-order valence-corrected chi connectivity index (χ3v) is 3.84. The van der Waals surface area contributed by atoms with Gasteiger partial charge >= 0.3 is 5.97 Å². The second kappa shape index (κ2) is 7.72. The number of carbonyl (C=O) groups excluding carboxylic acids is 2. The van der Waals surface area contributed by atoms with Gasteiger partial charge in [-0.2, -0.15) is 0 Å². The molecule has 0 spiro atoms. The number of allylic oxidation sites excluding steroid dienone is 2. The van der Waals surface area contributed by atoms with E-state index in [1.807, 2.05) is 31.2 Å². The summed E-state index contributed by atoms with van der Waals surface area (Å²) in [6.07, 6.45) is 1.87. The molecule has 5 heteroatoms. The van der Waals surface area contributed by atoms with Crippen molar-refractivity contribution in [2.75, 3.05) is 7.11 Å². The zero-order valence-corrected chi connectivity index (χ0v) is 13.5. The molecule has 0 heterocycles. The minimum atomic E-state index is -0.419. The summed E-state index contributed by atoms with van der Waals surface area (Å²) in [4.78, 5) is 28.0. The van der Waals surface area contributed by atoms with Crippen molar-refractivity contribution in [1.29, 1.82) is 0 Å². The predicted molar refractivity (Wildman–Crippen MR) is 88.0 cm³/mol. The van der Waals surface area contributed by atoms with Gasteiger partial charge in [-0.25, -0.2) is 0 Å². The number of methoxy groups -OCH3 is 1. The molecule has 2 rings (SSSR count). The van der Waals surface area contributed by atoms with Crippen LogP contribution in [-0.2, 0) is 14.3 Å². The zero-order chi connectivity index (χ0) is 16.8. The molecule has 5 nitrogen and oxygen atoms in total. The number of aliphatic hydroxyl groups is 1. The molecular weight excluding hydrogens is 294 g/mol. The lowest BCUT2D eigenvalue weighted by molar-refractivity contribution is -0.140. The van der Waals surface area contributed by atoms with Crippen molar-refractivity contribution in [3.63, 3.8) is 0 Å². The maximum absolute atomic E-state index is 12.2. The quantitative estimate of drug-likeness (QED) is 0.523. The van der Waals surface area contributed by atoms with Crippen molar-refractivity contribution in [3.05, 3.63) is 41.2 Å². The molecule has 0 aromatic heterocycles. The first-order valence-electron chi connectivity index (χ1n) is 7.68. The minimum Gasteiger partial charge on any atom is -0.511 e. The topological polar surface area (TPSA) is 76.0 Å². The molecule has 1 aromatic rings. The lowest BCUT2D eigenvalue weighted by Gasteiger charge is -2.18. The number of carbonyl (C=O) groups is 2. The van der Waals surface area contributed by atoms with E-state index in [2.05, 4.69) is 9.73 Å². The zero-order valence-electron chi connectivity index (χ0n) is 13.5. The predicted octanol–water partition coefficient (Wildman–Crippen LogP) is 3.59. The van der Waals surface area contributed by atoms with Gasteiger partial charge < -0.3 is 9.84 Å². The number of ether oxygens (including phenoxy) is 1. The number of para-hydroxylation sites is 1. The van der Waals surface area contributed by atoms with Gasteiger partial charge in [-0.1, -0.05) is 18.2 Å². The lowest BCUT2D eigenvalue weighted by atomic mass is 9.89. The van der Waals surface area contributed by atoms with E-state index in [-0.39, 0.29) is 30.0 Å². The smallest absolute Gasteiger partial charge is 0.305 e. The van der Waals surface area contributed by atoms with Gasteiger partial charge in [-0.3, -0.25) is 14.6 Å². The van der Waals surface area contributed by atoms with Crippen molar-refractivity contribution < 1.29 is 19.4 Å². The Balaban J connectivity index is 2.34. The van der Waals surface area contributed by atoms with Crippen LogP contribution in [0, 0.1) is 6.92 Å². The number of hydrogen-bond donors (Lipinski definition) is 1. The Morgan fingerprint density at radius 2 is 2.00 bits per heavy atom. The van der Waals surface area contributed by atoms with E-state index < -0.39 is 5.97 Å². The lowest BCUT2D eigenvalue weighted by Crippen LogP contribution is -2.21. The Bertz CT molecular complexity index is 673. The van der Waals surface area contributed by atoms with Gasteiger partial charge in [-0.15, -0.1) is 0 Å². The molecule has 1 N–H and O–H groups in total. The highest BCUT2D eigenvalue weighted by Crippen LogP contribution is 2.26. The molecule has 1 saturated carbocycles. The van der Waals surface area contributed by atoms with Gasteiger partial charge in [0.05, 0.1) is 30.5 Å². The number of ketones is 1. The molecule has 1 aliphatic rings. The number of aliphatic imine (C=N–C) groups is 1. The van der Waals surface area contributed by atoms with Gasteiger partial charge in [0.25, 0.3) is 0 Å². The largest absolute Gasteiger partial charge is 0.511 e. The molecule has 1 aromatic carbocycles. The fourth-order valence-corrected chi connectivity index (χ4v) is 2.55. The van der Waals surface area contributed by atoms with E-state index in [0.29, 0.717) is 18.6 Å². The van der Waals surface area contributed by atoms with Crippen LogP contribution in [0.4, 0.5) is 5.69 Å². The van der Waals surface area contributed by atoms with Crippen LogP contribution in [0.3, 0.4) is 0 Å². The van der Waals surface area contributed by atoms with Crippen LogP contribution in [0.15, 0.2) is 40.6 Å². The molecule has 1 fully saturated rings. The second-order valence-corrected chi connectivity index (χ2v) is 5.52. The van der Waals surface area contributed by atoms with Gasteiger partial charge in [0.1, 0.15) is 5.76 Å². The van der Waals surface area contributed by atoms with Gasteiger partial charge in [0, 0.05) is 12.8 Å². The highest BCUT2D eigenvalue weighted by atomic mass is 16.5. The summed E-state index contributed by atoms with van der Waals surface area (Å²) in [6.45, 7) is 1.95. The number of rotatable bonds is 4. The molecule has 1 aliphatic carbocycles. The van der Waals surface area contributed by atoms with E-state index in [9.17, 15) is 14.7 Å². The summed E-state index contributed by atoms with van der Waals surface area (Å²) in [5.74, 6) is -0.615. The molecule has 23 heavy (non-hydrogen) atoms. The molecular formula is C18H21NO4. The summed E-state index contributed by atoms with van der Waals surface area (Å²) in [5, 5.41) is 10.3. The van der Waals surface area contributed by atoms with Crippen LogP contribution in [0.2, 0.25) is 0 Å². The summed E-state index contributed by atoms with van der Waals surface area (Å²) in [5.41, 5.74) is 2.66. The summed E-state index contributed by atoms with van der Waals surface area (Å²) in [6, 6.07) is 7.64. The van der Waals surface area contributed by atoms with Gasteiger partial charge in [0.2, 0.25) is 0 Å². The van der Waals surface area contributed by atoms with Crippen LogP contribution in [0.5, 0.6) is 0 Å². The third kappa shape index (κ3) is 4.28. The number of aliphatic hydroxyl groups excluding tert-OH is 1. The second-order valence-electron chi connectivity index (χ2n) is 5.52. The Morgan fingerprint density at radius 3 is 2.70 bits per heavy atom. The van der Waals surface area contributed by atoms with Gasteiger partial charge in [0.15, 0.2) is 5.78 Å². The standard InChI is InChI=1S/C18H21NO4/c1-12-6-3-4-7-13(12)19-14-8-5-9-15(20)18(14)16(21)10-11-17(22)23-2/h3-4,6-7,21H,5,8-11H2,1-2H3/b18-16+,19-14?. The Kier molecular flexibility index (Phi) is 5.68. The molecule has 0 aliphatic heterocycles. The Morgan fingerprint density at radius 1 is 1.26 bits per heavy atom. The summed E-state index contributed by atoms with van der Waals surface area (Å²) >= 11 is 0. The van der Waals surface area contributed by atoms with Gasteiger partial charge in [-0.05, 0) is 31.4 Å². The van der Waals surface area contributed by atoms with Crippen molar-refractivity contribution in [2.45, 2.75) is 39.0 Å². The van der Waals surface area contributed by atoms with E-state index in [1.54, 1.807) is 0 Å². The maximum Gasteiger partial charge on any atom is 0.305 e. The molecule has 122 valence electrons. The van der Waals surface area contributed by atoms with Crippen LogP contribution < -0.4 is 0 Å². The Hall–Kier alpha value is -2.43. The van der Waals surface area contributed by atoms with Crippen LogP contribution in [0.1, 0.15) is 37.7 Å². The molecule has 0 atom stereocenters. The molecule has 0 bridgehead atoms. The third-order valence-electron chi connectivity index (χ3n) is 3.84. The normalized spacial score (nSPS) is 18.9. The summed E-state index contributed by atoms with van der Waals surface area (Å²) in [7, 11) is 1.29. The van der Waals surface area contributed by atoms with Crippen molar-refractivity contribution in [3.8, 4) is 0 Å². The number of Topliss-reactive ketones (excluding diaryl/α,β-unsaturated/α-hetero) is 1. The van der Waals surface area contributed by atoms with E-state index in [1.165, 1.54) is 7.11 Å². The number of esters is 1. The van der Waals surface area contributed by atoms with E-state index >= 15 is 0 Å². The number of aryl methyl sites for hydroxylation is 1. The monoisotopic (exact) mass is 315 g/mol. The molecule has 0 amide bonds. The first-order valence-corrected chi connectivity index (χ1v) is 7.68. The number of nitrogens with zero attached hydrogens (tertiary/aromatic N) is 1. The van der Waals surface area contributed by atoms with Crippen molar-refractivity contribution in [1.82, 2.24) is 0 Å². The highest BCUT2D eigenvalue weighted by Gasteiger charge is 2.25.